The quantitative estimate of drug-likeness (QED) is 0.453. The molecule has 10 nitrogen and oxygen atoms in total. The smallest absolute Gasteiger partial charge is 0.240 e. The summed E-state index contributed by atoms with van der Waals surface area (Å²) >= 11 is 0. The minimum atomic E-state index is -3.04. The van der Waals surface area contributed by atoms with Crippen molar-refractivity contribution in [3.63, 3.8) is 0 Å². The van der Waals surface area contributed by atoms with E-state index >= 15 is 0 Å². The number of nitrogens with zero attached hydrogens (tertiary/aromatic N) is 8. The van der Waals surface area contributed by atoms with E-state index in [4.69, 9.17) is 23.0 Å². The molecule has 10 heteroatoms. The van der Waals surface area contributed by atoms with Gasteiger partial charge in [-0.25, -0.2) is 0 Å². The molecule has 0 fully saturated rings. The molecule has 0 saturated heterocycles. The molecule has 5 aromatic rings. The van der Waals surface area contributed by atoms with E-state index in [0.717, 1.165) is 10.7 Å². The molecule has 0 amide bonds. The lowest BCUT2D eigenvalue weighted by Crippen LogP contribution is -2.03. The highest BCUT2D eigenvalue weighted by atomic mass is 16.5. The third-order valence-corrected chi connectivity index (χ3v) is 3.82. The largest absolute Gasteiger partial charge is 0.470 e. The number of fused-ring (bicyclic) bond motifs is 3. The molecule has 140 valence electrons. The van der Waals surface area contributed by atoms with E-state index in [1.54, 1.807) is 24.3 Å². The third kappa shape index (κ3) is 2.66. The van der Waals surface area contributed by atoms with Crippen molar-refractivity contribution < 1.29 is 23.0 Å². The number of benzene rings is 1. The minimum Gasteiger partial charge on any atom is -0.470 e. The Labute approximate surface area is 172 Å². The first-order valence-corrected chi connectivity index (χ1v) is 7.83. The van der Waals surface area contributed by atoms with Crippen molar-refractivity contribution in [2.24, 2.45) is 0 Å². The number of ether oxygens (including phenoxy) is 1. The fourth-order valence-electron chi connectivity index (χ4n) is 2.63. The Kier molecular flexibility index (Phi) is 2.04. The van der Waals surface area contributed by atoms with Crippen molar-refractivity contribution in [2.45, 2.75) is 26.8 Å². The summed E-state index contributed by atoms with van der Waals surface area (Å²) in [6.45, 7) is -10.2. The zero-order valence-corrected chi connectivity index (χ0v) is 13.9. The maximum Gasteiger partial charge on any atom is 0.240 e. The van der Waals surface area contributed by atoms with Gasteiger partial charge in [0.25, 0.3) is 0 Å². The molecule has 0 aliphatic carbocycles. The fourth-order valence-corrected chi connectivity index (χ4v) is 2.63. The van der Waals surface area contributed by atoms with Gasteiger partial charge in [0.2, 0.25) is 11.7 Å². The van der Waals surface area contributed by atoms with E-state index in [2.05, 4.69) is 30.8 Å². The van der Waals surface area contributed by atoms with Crippen LogP contribution < -0.4 is 4.74 Å². The van der Waals surface area contributed by atoms with Crippen LogP contribution in [0.25, 0.3) is 27.9 Å². The summed E-state index contributed by atoms with van der Waals surface area (Å²) < 4.78 is 89.1. The first-order valence-electron chi connectivity index (χ1n) is 12.9. The summed E-state index contributed by atoms with van der Waals surface area (Å²) in [6.07, 6.45) is 0.951. The van der Waals surface area contributed by atoms with Gasteiger partial charge in [-0.1, -0.05) is 28.6 Å². The van der Waals surface area contributed by atoms with E-state index in [9.17, 15) is 0 Å². The molecule has 0 spiro atoms. The lowest BCUT2D eigenvalue weighted by molar-refractivity contribution is 0.289. The summed E-state index contributed by atoms with van der Waals surface area (Å²) in [5.41, 5.74) is -0.200. The van der Waals surface area contributed by atoms with Crippen LogP contribution in [0.5, 0.6) is 5.88 Å². The Hall–Kier alpha value is -3.82. The average molecular weight is 386 g/mol. The van der Waals surface area contributed by atoms with Crippen molar-refractivity contribution in [1.82, 2.24) is 40.0 Å². The van der Waals surface area contributed by atoms with Crippen LogP contribution in [0.4, 0.5) is 0 Å². The van der Waals surface area contributed by atoms with Gasteiger partial charge >= 0.3 is 0 Å². The van der Waals surface area contributed by atoms with Gasteiger partial charge in [-0.2, -0.15) is 4.52 Å². The van der Waals surface area contributed by atoms with Crippen LogP contribution in [-0.2, 0) is 13.1 Å². The van der Waals surface area contributed by atoms with Gasteiger partial charge in [-0.3, -0.25) is 4.68 Å². The van der Waals surface area contributed by atoms with Crippen LogP contribution >= 0.6 is 0 Å². The summed E-state index contributed by atoms with van der Waals surface area (Å²) in [6, 6.07) is 6.19. The number of rotatable bonds is 5. The summed E-state index contributed by atoms with van der Waals surface area (Å²) in [5, 5.41) is 24.2. The van der Waals surface area contributed by atoms with Crippen molar-refractivity contribution in [3.05, 3.63) is 48.0 Å². The predicted octanol–water partition coefficient (Wildman–Crippen LogP) is 2.43. The molecule has 0 N–H and O–H groups in total. The van der Waals surface area contributed by atoms with Crippen LogP contribution in [0.15, 0.2) is 41.0 Å². The standard InChI is InChI=1S/C18H16N8O2/c1-3-25-9-12(19-24-25)10-27-18-14-7-5-4-6-13(14)16-20-21-17(26(16)22-18)15-8-11(2)28-23-15/h4-9H,3,10H2,1-2H3/i1D3,2D3,3D2,8D,10D. The minimum absolute atomic E-state index is 0.113. The fraction of sp³-hybridized carbons (Fsp3) is 0.222. The summed E-state index contributed by atoms with van der Waals surface area (Å²) in [7, 11) is 0. The Morgan fingerprint density at radius 3 is 3.04 bits per heavy atom. The second kappa shape index (κ2) is 6.41. The molecular weight excluding hydrogens is 360 g/mol. The molecule has 4 heterocycles. The molecular formula is C18H16N8O2. The van der Waals surface area contributed by atoms with E-state index < -0.39 is 38.6 Å². The number of aryl methyl sites for hydroxylation is 2. The molecule has 4 aromatic heterocycles. The summed E-state index contributed by atoms with van der Waals surface area (Å²) in [5.74, 6) is -0.862. The Morgan fingerprint density at radius 1 is 1.25 bits per heavy atom. The second-order valence-corrected chi connectivity index (χ2v) is 5.53. The van der Waals surface area contributed by atoms with Crippen LogP contribution in [0.1, 0.15) is 32.0 Å². The van der Waals surface area contributed by atoms with E-state index in [0.29, 0.717) is 15.5 Å². The van der Waals surface area contributed by atoms with E-state index in [1.807, 2.05) is 0 Å². The highest BCUT2D eigenvalue weighted by molar-refractivity contribution is 5.96. The third-order valence-electron chi connectivity index (χ3n) is 3.82. The van der Waals surface area contributed by atoms with Crippen molar-refractivity contribution in [3.8, 4) is 17.4 Å². The SMILES string of the molecule is [2H]c1c(-c2nnc3c4ccccc4c(OC([2H])c4cn(C([2H])([2H])C([2H])([2H])[2H])nn4)nn23)noc1C([2H])([2H])[2H]. The van der Waals surface area contributed by atoms with Crippen LogP contribution in [-0.4, -0.2) is 40.0 Å². The Bertz CT molecular complexity index is 1650. The Morgan fingerprint density at radius 2 is 2.18 bits per heavy atom. The molecule has 0 bridgehead atoms. The van der Waals surface area contributed by atoms with E-state index in [1.165, 1.54) is 0 Å². The van der Waals surface area contributed by atoms with Gasteiger partial charge in [-0.05, 0) is 19.8 Å². The Balaban J connectivity index is 1.58. The van der Waals surface area contributed by atoms with Gasteiger partial charge in [0.05, 0.1) is 11.7 Å². The van der Waals surface area contributed by atoms with Crippen LogP contribution in [0, 0.1) is 6.85 Å². The highest BCUT2D eigenvalue weighted by Gasteiger charge is 2.18. The van der Waals surface area contributed by atoms with Crippen LogP contribution in [0.3, 0.4) is 0 Å². The van der Waals surface area contributed by atoms with Crippen molar-refractivity contribution in [2.75, 3.05) is 0 Å². The summed E-state index contributed by atoms with van der Waals surface area (Å²) in [4.78, 5) is 0. The number of hydrogen-bond acceptors (Lipinski definition) is 8. The maximum atomic E-state index is 8.39. The number of aromatic nitrogens is 8. The number of hydrogen-bond donors (Lipinski definition) is 0. The van der Waals surface area contributed by atoms with E-state index in [-0.39, 0.29) is 28.7 Å². The van der Waals surface area contributed by atoms with Gasteiger partial charge in [-0.15, -0.1) is 20.4 Å². The molecule has 1 atom stereocenters. The first-order chi connectivity index (χ1) is 17.7. The monoisotopic (exact) mass is 386 g/mol. The highest BCUT2D eigenvalue weighted by Crippen LogP contribution is 2.29. The molecule has 1 aromatic carbocycles. The average Bonchev–Trinajstić information content (AvgIpc) is 3.56. The maximum absolute atomic E-state index is 8.39. The zero-order valence-electron chi connectivity index (χ0n) is 23.9. The second-order valence-electron chi connectivity index (χ2n) is 5.53. The van der Waals surface area contributed by atoms with Gasteiger partial charge < -0.3 is 9.26 Å². The lowest BCUT2D eigenvalue weighted by Gasteiger charge is -2.08. The van der Waals surface area contributed by atoms with Gasteiger partial charge in [0.1, 0.15) is 18.0 Å². The topological polar surface area (TPSA) is 109 Å². The van der Waals surface area contributed by atoms with Gasteiger partial charge in [0, 0.05) is 31.5 Å². The lowest BCUT2D eigenvalue weighted by atomic mass is 10.2. The predicted molar refractivity (Wildman–Crippen MR) is 98.6 cm³/mol. The molecule has 0 saturated carbocycles. The molecule has 0 radical (unpaired) electrons. The molecule has 5 rings (SSSR count). The molecule has 28 heavy (non-hydrogen) atoms. The van der Waals surface area contributed by atoms with Crippen LogP contribution in [0.2, 0.25) is 0 Å². The normalized spacial score (nSPS) is 19.3. The molecule has 1 unspecified atom stereocenters. The molecule has 0 aliphatic rings. The zero-order chi connectivity index (χ0) is 27.6. The van der Waals surface area contributed by atoms with Gasteiger partial charge in [0.15, 0.2) is 11.3 Å². The van der Waals surface area contributed by atoms with Crippen molar-refractivity contribution >= 4 is 16.4 Å². The first kappa shape index (κ1) is 8.91. The van der Waals surface area contributed by atoms with Crippen molar-refractivity contribution in [1.29, 1.82) is 0 Å². The molecule has 0 aliphatic heterocycles.